The summed E-state index contributed by atoms with van der Waals surface area (Å²) < 4.78 is 11.1. The monoisotopic (exact) mass is 248 g/mol. The maximum atomic E-state index is 12.4. The minimum atomic E-state index is -0.314. The minimum absolute atomic E-state index is 0.0249. The highest BCUT2D eigenvalue weighted by atomic mass is 16.5. The highest BCUT2D eigenvalue weighted by Crippen LogP contribution is 2.31. The lowest BCUT2D eigenvalue weighted by atomic mass is 10.1. The van der Waals surface area contributed by atoms with Crippen LogP contribution in [0.2, 0.25) is 0 Å². The molecule has 3 heterocycles. The van der Waals surface area contributed by atoms with E-state index in [0.717, 1.165) is 18.5 Å². The van der Waals surface area contributed by atoms with E-state index in [1.807, 2.05) is 19.1 Å². The second-order valence-corrected chi connectivity index (χ2v) is 4.68. The Bertz CT molecular complexity index is 463. The van der Waals surface area contributed by atoms with Crippen LogP contribution in [-0.2, 0) is 9.53 Å². The second kappa shape index (κ2) is 4.57. The topological polar surface area (TPSA) is 51.7 Å². The molecule has 2 aliphatic heterocycles. The first-order valence-electron chi connectivity index (χ1n) is 6.30. The van der Waals surface area contributed by atoms with Gasteiger partial charge in [0.1, 0.15) is 18.4 Å². The zero-order valence-corrected chi connectivity index (χ0v) is 10.3. The van der Waals surface area contributed by atoms with Gasteiger partial charge in [-0.05, 0) is 31.9 Å². The molecule has 5 heteroatoms. The van der Waals surface area contributed by atoms with E-state index in [4.69, 9.17) is 9.47 Å². The molecule has 18 heavy (non-hydrogen) atoms. The third-order valence-electron chi connectivity index (χ3n) is 3.37. The van der Waals surface area contributed by atoms with Crippen LogP contribution in [0.5, 0.6) is 5.88 Å². The summed E-state index contributed by atoms with van der Waals surface area (Å²) in [6.07, 6.45) is 3.27. The van der Waals surface area contributed by atoms with Gasteiger partial charge >= 0.3 is 0 Å². The molecule has 0 saturated carbocycles. The quantitative estimate of drug-likeness (QED) is 0.753. The van der Waals surface area contributed by atoms with E-state index in [-0.39, 0.29) is 18.1 Å². The highest BCUT2D eigenvalue weighted by molar-refractivity contribution is 5.98. The van der Waals surface area contributed by atoms with Crippen molar-refractivity contribution in [2.45, 2.75) is 32.0 Å². The van der Waals surface area contributed by atoms with Gasteiger partial charge in [-0.3, -0.25) is 4.79 Å². The van der Waals surface area contributed by atoms with E-state index < -0.39 is 0 Å². The number of aromatic nitrogens is 1. The van der Waals surface area contributed by atoms with Crippen LogP contribution in [0.1, 0.15) is 19.8 Å². The van der Waals surface area contributed by atoms with Gasteiger partial charge in [-0.15, -0.1) is 0 Å². The molecule has 0 unspecified atom stereocenters. The molecular formula is C13H16N2O3. The summed E-state index contributed by atoms with van der Waals surface area (Å²) in [5.74, 6) is 0.556. The summed E-state index contributed by atoms with van der Waals surface area (Å²) >= 11 is 0. The number of ether oxygens (including phenoxy) is 2. The molecule has 1 amide bonds. The van der Waals surface area contributed by atoms with Gasteiger partial charge < -0.3 is 14.4 Å². The number of pyridine rings is 1. The SMILES string of the molecule is C[C@@H]1CC[C@H](C(=O)N2CCOc3ncccc32)O1. The first-order chi connectivity index (χ1) is 8.75. The predicted molar refractivity (Wildman–Crippen MR) is 65.7 cm³/mol. The van der Waals surface area contributed by atoms with Gasteiger partial charge in [-0.25, -0.2) is 4.98 Å². The fourth-order valence-electron chi connectivity index (χ4n) is 2.44. The number of nitrogens with zero attached hydrogens (tertiary/aromatic N) is 2. The van der Waals surface area contributed by atoms with Crippen molar-refractivity contribution in [1.82, 2.24) is 4.98 Å². The Morgan fingerprint density at radius 2 is 2.39 bits per heavy atom. The first-order valence-corrected chi connectivity index (χ1v) is 6.30. The number of hydrogen-bond donors (Lipinski definition) is 0. The lowest BCUT2D eigenvalue weighted by molar-refractivity contribution is -0.129. The predicted octanol–water partition coefficient (Wildman–Crippen LogP) is 1.37. The lowest BCUT2D eigenvalue weighted by Gasteiger charge is -2.30. The molecule has 0 aliphatic carbocycles. The molecule has 0 spiro atoms. The van der Waals surface area contributed by atoms with Crippen molar-refractivity contribution < 1.29 is 14.3 Å². The van der Waals surface area contributed by atoms with Crippen LogP contribution in [0.3, 0.4) is 0 Å². The number of amides is 1. The van der Waals surface area contributed by atoms with Gasteiger partial charge in [0.25, 0.3) is 5.91 Å². The standard InChI is InChI=1S/C13H16N2O3/c1-9-4-5-11(18-9)13(16)15-7-8-17-12-10(15)3-2-6-14-12/h2-3,6,9,11H,4-5,7-8H2,1H3/t9-,11-/m1/s1. The van der Waals surface area contributed by atoms with E-state index in [2.05, 4.69) is 4.98 Å². The van der Waals surface area contributed by atoms with Gasteiger partial charge in [-0.1, -0.05) is 0 Å². The molecule has 0 aromatic carbocycles. The van der Waals surface area contributed by atoms with Crippen LogP contribution < -0.4 is 9.64 Å². The zero-order valence-electron chi connectivity index (χ0n) is 10.3. The van der Waals surface area contributed by atoms with E-state index in [1.54, 1.807) is 11.1 Å². The van der Waals surface area contributed by atoms with Crippen LogP contribution in [-0.4, -0.2) is 36.3 Å². The van der Waals surface area contributed by atoms with E-state index >= 15 is 0 Å². The Hall–Kier alpha value is -1.62. The Kier molecular flexibility index (Phi) is 2.91. The van der Waals surface area contributed by atoms with Crippen molar-refractivity contribution in [1.29, 1.82) is 0 Å². The van der Waals surface area contributed by atoms with Crippen LogP contribution >= 0.6 is 0 Å². The molecule has 0 radical (unpaired) electrons. The second-order valence-electron chi connectivity index (χ2n) is 4.68. The third kappa shape index (κ3) is 1.95. The van der Waals surface area contributed by atoms with Gasteiger partial charge in [0.05, 0.1) is 12.6 Å². The van der Waals surface area contributed by atoms with Crippen molar-refractivity contribution in [3.8, 4) is 5.88 Å². The summed E-state index contributed by atoms with van der Waals surface area (Å²) in [7, 11) is 0. The largest absolute Gasteiger partial charge is 0.474 e. The van der Waals surface area contributed by atoms with Crippen molar-refractivity contribution >= 4 is 11.6 Å². The molecule has 1 aromatic heterocycles. The fourth-order valence-corrected chi connectivity index (χ4v) is 2.44. The van der Waals surface area contributed by atoms with Crippen LogP contribution in [0.25, 0.3) is 0 Å². The number of carbonyl (C=O) groups is 1. The average molecular weight is 248 g/mol. The van der Waals surface area contributed by atoms with E-state index in [1.165, 1.54) is 0 Å². The van der Waals surface area contributed by atoms with Gasteiger partial charge in [0.2, 0.25) is 5.88 Å². The molecule has 1 fully saturated rings. The molecule has 1 aromatic rings. The molecule has 0 N–H and O–H groups in total. The van der Waals surface area contributed by atoms with Gasteiger partial charge in [0.15, 0.2) is 0 Å². The summed E-state index contributed by atoms with van der Waals surface area (Å²) in [5, 5.41) is 0. The molecule has 3 rings (SSSR count). The van der Waals surface area contributed by atoms with Crippen molar-refractivity contribution in [3.63, 3.8) is 0 Å². The maximum absolute atomic E-state index is 12.4. The molecule has 1 saturated heterocycles. The summed E-state index contributed by atoms with van der Waals surface area (Å²) in [4.78, 5) is 18.3. The highest BCUT2D eigenvalue weighted by Gasteiger charge is 2.34. The third-order valence-corrected chi connectivity index (χ3v) is 3.37. The minimum Gasteiger partial charge on any atom is -0.474 e. The Balaban J connectivity index is 1.83. The van der Waals surface area contributed by atoms with Crippen LogP contribution in [0.4, 0.5) is 5.69 Å². The Morgan fingerprint density at radius 3 is 3.17 bits per heavy atom. The van der Waals surface area contributed by atoms with Crippen molar-refractivity contribution in [2.24, 2.45) is 0 Å². The van der Waals surface area contributed by atoms with Crippen molar-refractivity contribution in [3.05, 3.63) is 18.3 Å². The number of anilines is 1. The zero-order chi connectivity index (χ0) is 12.5. The van der Waals surface area contributed by atoms with Crippen LogP contribution in [0, 0.1) is 0 Å². The first kappa shape index (κ1) is 11.5. The summed E-state index contributed by atoms with van der Waals surface area (Å²) in [5.41, 5.74) is 0.747. The summed E-state index contributed by atoms with van der Waals surface area (Å²) in [6.45, 7) is 3.05. The van der Waals surface area contributed by atoms with Crippen molar-refractivity contribution in [2.75, 3.05) is 18.1 Å². The molecular weight excluding hydrogens is 232 g/mol. The molecule has 5 nitrogen and oxygen atoms in total. The fraction of sp³-hybridized carbons (Fsp3) is 0.538. The number of hydrogen-bond acceptors (Lipinski definition) is 4. The van der Waals surface area contributed by atoms with Crippen LogP contribution in [0.15, 0.2) is 18.3 Å². The normalized spacial score (nSPS) is 26.6. The lowest BCUT2D eigenvalue weighted by Crippen LogP contribution is -2.44. The molecule has 2 atom stereocenters. The number of carbonyl (C=O) groups excluding carboxylic acids is 1. The van der Waals surface area contributed by atoms with Gasteiger partial charge in [0, 0.05) is 6.20 Å². The molecule has 2 aliphatic rings. The Morgan fingerprint density at radius 1 is 1.50 bits per heavy atom. The number of fused-ring (bicyclic) bond motifs is 1. The van der Waals surface area contributed by atoms with E-state index in [0.29, 0.717) is 19.0 Å². The van der Waals surface area contributed by atoms with E-state index in [9.17, 15) is 4.79 Å². The molecule has 96 valence electrons. The summed E-state index contributed by atoms with van der Waals surface area (Å²) in [6, 6.07) is 3.67. The van der Waals surface area contributed by atoms with Gasteiger partial charge in [-0.2, -0.15) is 0 Å². The molecule has 0 bridgehead atoms. The number of rotatable bonds is 1. The maximum Gasteiger partial charge on any atom is 0.256 e. The smallest absolute Gasteiger partial charge is 0.256 e. The Labute approximate surface area is 106 Å². The average Bonchev–Trinajstić information content (AvgIpc) is 2.84.